The van der Waals surface area contributed by atoms with E-state index < -0.39 is 0 Å². The maximum Gasteiger partial charge on any atom is 0.263 e. The SMILES string of the molecule is CN(Cc1ccc(Cl)s1)C(=O)CO/N=C(\N)c1ccsc1. The van der Waals surface area contributed by atoms with Gasteiger partial charge in [0.2, 0.25) is 0 Å². The lowest BCUT2D eigenvalue weighted by Crippen LogP contribution is -2.29. The van der Waals surface area contributed by atoms with Gasteiger partial charge in [-0.1, -0.05) is 16.8 Å². The van der Waals surface area contributed by atoms with Crippen LogP contribution in [0.2, 0.25) is 4.34 Å². The third-order valence-electron chi connectivity index (χ3n) is 2.62. The van der Waals surface area contributed by atoms with E-state index in [9.17, 15) is 4.79 Å². The zero-order valence-corrected chi connectivity index (χ0v) is 13.7. The van der Waals surface area contributed by atoms with Gasteiger partial charge in [0.15, 0.2) is 12.4 Å². The summed E-state index contributed by atoms with van der Waals surface area (Å²) in [6, 6.07) is 5.54. The summed E-state index contributed by atoms with van der Waals surface area (Å²) in [5.41, 5.74) is 6.51. The van der Waals surface area contributed by atoms with Crippen molar-refractivity contribution in [3.8, 4) is 0 Å². The minimum absolute atomic E-state index is 0.152. The highest BCUT2D eigenvalue weighted by Gasteiger charge is 2.11. The number of likely N-dealkylation sites (N-methyl/N-ethyl adjacent to an activating group) is 1. The zero-order chi connectivity index (χ0) is 15.2. The van der Waals surface area contributed by atoms with Crippen molar-refractivity contribution >= 4 is 46.0 Å². The van der Waals surface area contributed by atoms with Gasteiger partial charge in [0, 0.05) is 22.9 Å². The van der Waals surface area contributed by atoms with Gasteiger partial charge in [0.1, 0.15) is 0 Å². The summed E-state index contributed by atoms with van der Waals surface area (Å²) in [4.78, 5) is 19.5. The van der Waals surface area contributed by atoms with Crippen LogP contribution >= 0.6 is 34.3 Å². The molecule has 0 unspecified atom stereocenters. The molecule has 112 valence electrons. The van der Waals surface area contributed by atoms with Crippen molar-refractivity contribution in [2.24, 2.45) is 10.9 Å². The second-order valence-corrected chi connectivity index (χ2v) is 6.80. The quantitative estimate of drug-likeness (QED) is 0.498. The zero-order valence-electron chi connectivity index (χ0n) is 11.3. The Morgan fingerprint density at radius 3 is 2.90 bits per heavy atom. The monoisotopic (exact) mass is 343 g/mol. The Balaban J connectivity index is 1.80. The van der Waals surface area contributed by atoms with Crippen molar-refractivity contribution in [2.45, 2.75) is 6.54 Å². The molecule has 2 aromatic heterocycles. The first-order chi connectivity index (χ1) is 10.1. The Morgan fingerprint density at radius 1 is 1.48 bits per heavy atom. The summed E-state index contributed by atoms with van der Waals surface area (Å²) >= 11 is 8.81. The maximum absolute atomic E-state index is 11.9. The fourth-order valence-electron chi connectivity index (χ4n) is 1.49. The number of amidine groups is 1. The van der Waals surface area contributed by atoms with E-state index in [0.717, 1.165) is 10.4 Å². The lowest BCUT2D eigenvalue weighted by Gasteiger charge is -2.15. The molecule has 8 heteroatoms. The van der Waals surface area contributed by atoms with E-state index in [1.165, 1.54) is 22.7 Å². The van der Waals surface area contributed by atoms with Crippen LogP contribution in [-0.2, 0) is 16.2 Å². The normalized spacial score (nSPS) is 11.4. The predicted molar refractivity (Wildman–Crippen MR) is 86.8 cm³/mol. The molecule has 2 aromatic rings. The molecule has 2 N–H and O–H groups in total. The molecular formula is C13H14ClN3O2S2. The topological polar surface area (TPSA) is 67.9 Å². The largest absolute Gasteiger partial charge is 0.384 e. The molecule has 0 spiro atoms. The van der Waals surface area contributed by atoms with E-state index in [4.69, 9.17) is 22.2 Å². The molecule has 0 aliphatic rings. The lowest BCUT2D eigenvalue weighted by atomic mass is 10.3. The molecule has 0 atom stereocenters. The number of nitrogens with zero attached hydrogens (tertiary/aromatic N) is 2. The third kappa shape index (κ3) is 4.73. The summed E-state index contributed by atoms with van der Waals surface area (Å²) in [5.74, 6) is 0.0816. The highest BCUT2D eigenvalue weighted by molar-refractivity contribution is 7.16. The molecule has 0 aliphatic heterocycles. The molecule has 0 radical (unpaired) electrons. The number of carbonyl (C=O) groups is 1. The maximum atomic E-state index is 11.9. The van der Waals surface area contributed by atoms with Crippen molar-refractivity contribution in [3.63, 3.8) is 0 Å². The number of nitrogens with two attached hydrogens (primary N) is 1. The summed E-state index contributed by atoms with van der Waals surface area (Å²) in [5, 5.41) is 7.48. The molecule has 0 saturated heterocycles. The minimum atomic E-state index is -0.179. The van der Waals surface area contributed by atoms with Gasteiger partial charge in [0.25, 0.3) is 5.91 Å². The van der Waals surface area contributed by atoms with Gasteiger partial charge in [0.05, 0.1) is 10.9 Å². The van der Waals surface area contributed by atoms with Crippen LogP contribution in [0, 0.1) is 0 Å². The first-order valence-electron chi connectivity index (χ1n) is 6.02. The fraction of sp³-hybridized carbons (Fsp3) is 0.231. The van der Waals surface area contributed by atoms with Crippen LogP contribution in [0.15, 0.2) is 34.1 Å². The molecule has 0 aromatic carbocycles. The molecule has 5 nitrogen and oxygen atoms in total. The van der Waals surface area contributed by atoms with Crippen LogP contribution < -0.4 is 5.73 Å². The van der Waals surface area contributed by atoms with Crippen LogP contribution in [0.3, 0.4) is 0 Å². The van der Waals surface area contributed by atoms with Crippen LogP contribution in [0.1, 0.15) is 10.4 Å². The number of hydrogen-bond donors (Lipinski definition) is 1. The van der Waals surface area contributed by atoms with E-state index in [-0.39, 0.29) is 18.3 Å². The lowest BCUT2D eigenvalue weighted by molar-refractivity contribution is -0.135. The van der Waals surface area contributed by atoms with Crippen molar-refractivity contribution in [3.05, 3.63) is 43.7 Å². The molecule has 0 bridgehead atoms. The number of amides is 1. The molecule has 0 aliphatic carbocycles. The summed E-state index contributed by atoms with van der Waals surface area (Å²) in [6.07, 6.45) is 0. The van der Waals surface area contributed by atoms with Crippen LogP contribution in [0.5, 0.6) is 0 Å². The van der Waals surface area contributed by atoms with Gasteiger partial charge >= 0.3 is 0 Å². The number of carbonyl (C=O) groups excluding carboxylic acids is 1. The van der Waals surface area contributed by atoms with Crippen molar-refractivity contribution < 1.29 is 9.63 Å². The molecule has 0 saturated carbocycles. The van der Waals surface area contributed by atoms with E-state index >= 15 is 0 Å². The van der Waals surface area contributed by atoms with Gasteiger partial charge in [-0.2, -0.15) is 11.3 Å². The van der Waals surface area contributed by atoms with Gasteiger partial charge < -0.3 is 15.5 Å². The summed E-state index contributed by atoms with van der Waals surface area (Å²) in [6.45, 7) is 0.337. The second-order valence-electron chi connectivity index (χ2n) is 4.22. The van der Waals surface area contributed by atoms with Crippen LogP contribution in [0.4, 0.5) is 0 Å². The Bertz CT molecular complexity index is 625. The van der Waals surface area contributed by atoms with Crippen molar-refractivity contribution in [2.75, 3.05) is 13.7 Å². The first-order valence-corrected chi connectivity index (χ1v) is 8.16. The summed E-state index contributed by atoms with van der Waals surface area (Å²) < 4.78 is 0.704. The van der Waals surface area contributed by atoms with E-state index in [1.807, 2.05) is 29.0 Å². The number of rotatable bonds is 6. The second kappa shape index (κ2) is 7.44. The van der Waals surface area contributed by atoms with Gasteiger partial charge in [-0.3, -0.25) is 4.79 Å². The molecule has 21 heavy (non-hydrogen) atoms. The average Bonchev–Trinajstić information content (AvgIpc) is 3.10. The average molecular weight is 344 g/mol. The van der Waals surface area contributed by atoms with Crippen molar-refractivity contribution in [1.29, 1.82) is 0 Å². The number of oxime groups is 1. The number of thiophene rings is 2. The summed E-state index contributed by atoms with van der Waals surface area (Å²) in [7, 11) is 1.70. The fourth-order valence-corrected chi connectivity index (χ4v) is 3.28. The standard InChI is InChI=1S/C13H14ClN3O2S2/c1-17(6-10-2-3-11(14)21-10)12(18)7-19-16-13(15)9-4-5-20-8-9/h2-5,8H,6-7H2,1H3,(H2,15,16). The smallest absolute Gasteiger partial charge is 0.263 e. The third-order valence-corrected chi connectivity index (χ3v) is 4.51. The first kappa shape index (κ1) is 15.8. The van der Waals surface area contributed by atoms with Gasteiger partial charge in [-0.05, 0) is 23.6 Å². The minimum Gasteiger partial charge on any atom is -0.384 e. The van der Waals surface area contributed by atoms with Crippen molar-refractivity contribution in [1.82, 2.24) is 4.90 Å². The Morgan fingerprint density at radius 2 is 2.29 bits per heavy atom. The van der Waals surface area contributed by atoms with Gasteiger partial charge in [-0.15, -0.1) is 11.3 Å². The molecule has 2 heterocycles. The van der Waals surface area contributed by atoms with E-state index in [0.29, 0.717) is 10.9 Å². The highest BCUT2D eigenvalue weighted by Crippen LogP contribution is 2.22. The van der Waals surface area contributed by atoms with Crippen LogP contribution in [-0.4, -0.2) is 30.3 Å². The predicted octanol–water partition coefficient (Wildman–Crippen LogP) is 2.76. The number of halogens is 1. The molecule has 2 rings (SSSR count). The Kier molecular flexibility index (Phi) is 5.60. The Hall–Kier alpha value is -1.57. The van der Waals surface area contributed by atoms with Crippen LogP contribution in [0.25, 0.3) is 0 Å². The van der Waals surface area contributed by atoms with E-state index in [1.54, 1.807) is 11.9 Å². The highest BCUT2D eigenvalue weighted by atomic mass is 35.5. The molecular weight excluding hydrogens is 330 g/mol. The molecule has 1 amide bonds. The van der Waals surface area contributed by atoms with Gasteiger partial charge in [-0.25, -0.2) is 0 Å². The molecule has 0 fully saturated rings. The van der Waals surface area contributed by atoms with E-state index in [2.05, 4.69) is 5.16 Å². The number of hydrogen-bond acceptors (Lipinski definition) is 5. The Labute approximate surface area is 135 Å².